The zero-order valence-electron chi connectivity index (χ0n) is 12.1. The Morgan fingerprint density at radius 1 is 1.12 bits per heavy atom. The maximum atomic E-state index is 14.4. The van der Waals surface area contributed by atoms with Crippen LogP contribution in [0.25, 0.3) is 17.0 Å². The van der Waals surface area contributed by atoms with Crippen molar-refractivity contribution in [3.8, 4) is 17.2 Å². The van der Waals surface area contributed by atoms with Crippen LogP contribution in [0.4, 0.5) is 10.1 Å². The maximum Gasteiger partial charge on any atom is 0.180 e. The first-order valence-corrected chi connectivity index (χ1v) is 7.20. The van der Waals surface area contributed by atoms with Gasteiger partial charge in [-0.2, -0.15) is 5.10 Å². The van der Waals surface area contributed by atoms with Crippen molar-refractivity contribution in [3.63, 3.8) is 0 Å². The molecule has 24 heavy (non-hydrogen) atoms. The molecule has 0 bridgehead atoms. The number of aromatic nitrogens is 3. The topological polar surface area (TPSA) is 75.9 Å². The highest BCUT2D eigenvalue weighted by Crippen LogP contribution is 2.38. The Labute approximate surface area is 134 Å². The fourth-order valence-corrected chi connectivity index (χ4v) is 2.96. The Kier molecular flexibility index (Phi) is 2.44. The second kappa shape index (κ2) is 4.51. The van der Waals surface area contributed by atoms with E-state index in [9.17, 15) is 9.50 Å². The van der Waals surface area contributed by atoms with Gasteiger partial charge in [0.1, 0.15) is 34.8 Å². The smallest absolute Gasteiger partial charge is 0.180 e. The number of fused-ring (bicyclic) bond motifs is 2. The standard InChI is InChI=1S/C17H9FN4O2/c18-12-7-9(23)1-2-10(12)14-11-3-5-22-16(11)15(19-8-20-22)17-13(21-14)4-6-24-17/h1-8,23H. The van der Waals surface area contributed by atoms with Gasteiger partial charge in [0, 0.05) is 29.5 Å². The fourth-order valence-electron chi connectivity index (χ4n) is 2.96. The Bertz CT molecular complexity index is 1140. The number of nitrogens with zero attached hydrogens (tertiary/aromatic N) is 4. The molecule has 0 aliphatic carbocycles. The number of aliphatic imine (C=N–C) groups is 1. The van der Waals surface area contributed by atoms with Gasteiger partial charge >= 0.3 is 0 Å². The summed E-state index contributed by atoms with van der Waals surface area (Å²) < 4.78 is 21.6. The lowest BCUT2D eigenvalue weighted by Gasteiger charge is -2.07. The van der Waals surface area contributed by atoms with Gasteiger partial charge in [0.2, 0.25) is 0 Å². The lowest BCUT2D eigenvalue weighted by Crippen LogP contribution is -2.06. The van der Waals surface area contributed by atoms with Crippen molar-refractivity contribution < 1.29 is 13.9 Å². The third-order valence-corrected chi connectivity index (χ3v) is 4.01. The molecule has 0 saturated heterocycles. The fraction of sp³-hybridized carbons (Fsp3) is 0. The van der Waals surface area contributed by atoms with Crippen LogP contribution in [-0.4, -0.2) is 25.4 Å². The number of furan rings is 1. The molecule has 3 aromatic heterocycles. The number of benzene rings is 1. The van der Waals surface area contributed by atoms with E-state index in [1.807, 2.05) is 6.07 Å². The van der Waals surface area contributed by atoms with Crippen LogP contribution in [0.15, 0.2) is 58.5 Å². The van der Waals surface area contributed by atoms with E-state index in [0.29, 0.717) is 33.9 Å². The minimum atomic E-state index is -0.557. The summed E-state index contributed by atoms with van der Waals surface area (Å²) in [6, 6.07) is 7.51. The second-order valence-corrected chi connectivity index (χ2v) is 5.39. The largest absolute Gasteiger partial charge is 0.508 e. The summed E-state index contributed by atoms with van der Waals surface area (Å²) in [4.78, 5) is 8.91. The van der Waals surface area contributed by atoms with Gasteiger partial charge in [0.05, 0.1) is 12.0 Å². The van der Waals surface area contributed by atoms with E-state index in [4.69, 9.17) is 4.42 Å². The lowest BCUT2D eigenvalue weighted by atomic mass is 10.0. The number of phenols is 1. The summed E-state index contributed by atoms with van der Waals surface area (Å²) in [6.45, 7) is 0. The summed E-state index contributed by atoms with van der Waals surface area (Å²) in [6.07, 6.45) is 4.72. The normalized spacial score (nSPS) is 12.8. The first kappa shape index (κ1) is 13.0. The van der Waals surface area contributed by atoms with Crippen LogP contribution < -0.4 is 0 Å². The van der Waals surface area contributed by atoms with Crippen LogP contribution in [0.2, 0.25) is 0 Å². The molecule has 4 heterocycles. The summed E-state index contributed by atoms with van der Waals surface area (Å²) in [5, 5.41) is 13.7. The van der Waals surface area contributed by atoms with E-state index in [1.54, 1.807) is 16.8 Å². The molecule has 0 atom stereocenters. The molecule has 1 aliphatic heterocycles. The lowest BCUT2D eigenvalue weighted by molar-refractivity contribution is 0.469. The minimum Gasteiger partial charge on any atom is -0.508 e. The van der Waals surface area contributed by atoms with Crippen molar-refractivity contribution in [2.75, 3.05) is 0 Å². The van der Waals surface area contributed by atoms with Crippen molar-refractivity contribution >= 4 is 16.9 Å². The number of hydrogen-bond acceptors (Lipinski definition) is 5. The van der Waals surface area contributed by atoms with E-state index >= 15 is 0 Å². The highest BCUT2D eigenvalue weighted by atomic mass is 19.1. The highest BCUT2D eigenvalue weighted by molar-refractivity contribution is 6.20. The van der Waals surface area contributed by atoms with Gasteiger partial charge in [-0.15, -0.1) is 0 Å². The first-order chi connectivity index (χ1) is 11.7. The molecule has 0 radical (unpaired) electrons. The van der Waals surface area contributed by atoms with Crippen LogP contribution in [0.5, 0.6) is 5.75 Å². The number of halogens is 1. The highest BCUT2D eigenvalue weighted by Gasteiger charge is 2.26. The Hall–Kier alpha value is -3.48. The van der Waals surface area contributed by atoms with E-state index in [2.05, 4.69) is 15.1 Å². The molecule has 0 amide bonds. The Balaban J connectivity index is 1.91. The van der Waals surface area contributed by atoms with Crippen molar-refractivity contribution in [1.29, 1.82) is 0 Å². The number of hydrogen-bond donors (Lipinski definition) is 1. The van der Waals surface area contributed by atoms with Gasteiger partial charge in [-0.1, -0.05) is 0 Å². The van der Waals surface area contributed by atoms with E-state index in [-0.39, 0.29) is 11.3 Å². The quantitative estimate of drug-likeness (QED) is 0.514. The van der Waals surface area contributed by atoms with E-state index < -0.39 is 5.82 Å². The van der Waals surface area contributed by atoms with E-state index in [0.717, 1.165) is 6.07 Å². The summed E-state index contributed by atoms with van der Waals surface area (Å²) in [5.74, 6) is -0.185. The maximum absolute atomic E-state index is 14.4. The molecular weight excluding hydrogens is 311 g/mol. The molecule has 7 heteroatoms. The summed E-state index contributed by atoms with van der Waals surface area (Å²) in [5.41, 5.74) is 3.27. The predicted octanol–water partition coefficient (Wildman–Crippen LogP) is 3.32. The van der Waals surface area contributed by atoms with Crippen LogP contribution in [0, 0.1) is 5.82 Å². The van der Waals surface area contributed by atoms with Crippen molar-refractivity contribution in [2.45, 2.75) is 0 Å². The van der Waals surface area contributed by atoms with Crippen LogP contribution in [-0.2, 0) is 0 Å². The van der Waals surface area contributed by atoms with Gasteiger partial charge in [-0.05, 0) is 18.2 Å². The Morgan fingerprint density at radius 2 is 2.04 bits per heavy atom. The molecule has 6 nitrogen and oxygen atoms in total. The predicted molar refractivity (Wildman–Crippen MR) is 84.1 cm³/mol. The Morgan fingerprint density at radius 3 is 2.92 bits per heavy atom. The SMILES string of the molecule is Oc1ccc(C2=Nc3ccoc3-c3ncnn4ccc2c34)c(F)c1. The van der Waals surface area contributed by atoms with Crippen molar-refractivity contribution in [2.24, 2.45) is 4.99 Å². The molecule has 1 aliphatic rings. The first-order valence-electron chi connectivity index (χ1n) is 7.20. The number of aromatic hydroxyl groups is 1. The third-order valence-electron chi connectivity index (χ3n) is 4.01. The molecule has 4 aromatic rings. The molecule has 0 spiro atoms. The molecule has 1 aromatic carbocycles. The van der Waals surface area contributed by atoms with Gasteiger partial charge in [0.15, 0.2) is 5.76 Å². The molecule has 0 fully saturated rings. The number of phenolic OH excluding ortho intramolecular Hbond substituents is 1. The second-order valence-electron chi connectivity index (χ2n) is 5.39. The van der Waals surface area contributed by atoms with Crippen molar-refractivity contribution in [3.05, 3.63) is 66.1 Å². The molecule has 1 N–H and O–H groups in total. The number of rotatable bonds is 1. The molecular formula is C17H9FN4O2. The van der Waals surface area contributed by atoms with Gasteiger partial charge in [0.25, 0.3) is 0 Å². The van der Waals surface area contributed by atoms with Crippen LogP contribution in [0.1, 0.15) is 11.1 Å². The molecule has 5 rings (SSSR count). The van der Waals surface area contributed by atoms with Crippen LogP contribution >= 0.6 is 0 Å². The average Bonchev–Trinajstić information content (AvgIpc) is 3.17. The molecule has 0 saturated carbocycles. The van der Waals surface area contributed by atoms with Crippen molar-refractivity contribution in [1.82, 2.24) is 14.6 Å². The zero-order chi connectivity index (χ0) is 16.3. The minimum absolute atomic E-state index is 0.139. The van der Waals surface area contributed by atoms with Gasteiger partial charge in [-0.25, -0.2) is 18.9 Å². The monoisotopic (exact) mass is 320 g/mol. The van der Waals surface area contributed by atoms with Gasteiger partial charge < -0.3 is 9.52 Å². The van der Waals surface area contributed by atoms with Crippen LogP contribution in [0.3, 0.4) is 0 Å². The summed E-state index contributed by atoms with van der Waals surface area (Å²) >= 11 is 0. The van der Waals surface area contributed by atoms with Gasteiger partial charge in [-0.3, -0.25) is 0 Å². The summed E-state index contributed by atoms with van der Waals surface area (Å²) in [7, 11) is 0. The van der Waals surface area contributed by atoms with E-state index in [1.165, 1.54) is 24.7 Å². The molecule has 0 unspecified atom stereocenters. The average molecular weight is 320 g/mol. The molecule has 116 valence electrons. The third kappa shape index (κ3) is 1.66. The zero-order valence-corrected chi connectivity index (χ0v) is 12.1.